The lowest BCUT2D eigenvalue weighted by Crippen LogP contribution is -2.28. The molecule has 8 nitrogen and oxygen atoms in total. The highest BCUT2D eigenvalue weighted by atomic mass is 16.3. The lowest BCUT2D eigenvalue weighted by Gasteiger charge is -2.34. The molecule has 0 bridgehead atoms. The quantitative estimate of drug-likeness (QED) is 0.102. The van der Waals surface area contributed by atoms with E-state index < -0.39 is 5.41 Å². The second-order valence-electron chi connectivity index (χ2n) is 29.7. The van der Waals surface area contributed by atoms with Crippen molar-refractivity contribution in [1.29, 1.82) is 0 Å². The fraction of sp³-hybridized carbons (Fsp3) is 0.0377. The van der Waals surface area contributed by atoms with Crippen LogP contribution in [0.25, 0.3) is 121 Å². The van der Waals surface area contributed by atoms with Gasteiger partial charge in [-0.3, -0.25) is 0 Å². The lowest BCUT2D eigenvalue weighted by atomic mass is 9.67. The molecular weight excluding hydrogens is 1390 g/mol. The molecule has 17 aromatic carbocycles. The largest absolute Gasteiger partial charge is 0.456 e. The van der Waals surface area contributed by atoms with E-state index in [0.717, 1.165) is 133 Å². The number of rotatable bonds is 11. The highest BCUT2D eigenvalue weighted by Gasteiger charge is 2.46. The summed E-state index contributed by atoms with van der Waals surface area (Å²) in [6.07, 6.45) is 0. The minimum atomic E-state index is -0.406. The first-order valence-corrected chi connectivity index (χ1v) is 38.8. The summed E-state index contributed by atoms with van der Waals surface area (Å²) in [6, 6.07) is 140. The van der Waals surface area contributed by atoms with Crippen LogP contribution in [-0.2, 0) is 10.8 Å². The average molecular weight is 1470 g/mol. The van der Waals surface area contributed by atoms with E-state index in [-0.39, 0.29) is 5.41 Å². The van der Waals surface area contributed by atoms with Gasteiger partial charge in [0.2, 0.25) is 0 Å². The first-order valence-electron chi connectivity index (χ1n) is 38.8. The molecule has 8 heteroatoms. The molecule has 0 radical (unpaired) electrons. The molecule has 114 heavy (non-hydrogen) atoms. The fourth-order valence-electron chi connectivity index (χ4n) is 17.2. The van der Waals surface area contributed by atoms with Crippen LogP contribution in [-0.4, -0.2) is 0 Å². The number of fused-ring (bicyclic) bond motifs is 18. The molecule has 2 aliphatic carbocycles. The Kier molecular flexibility index (Phi) is 17.3. The van der Waals surface area contributed by atoms with Crippen LogP contribution in [0.3, 0.4) is 0 Å². The number of hydrogen-bond acceptors (Lipinski definition) is 8. The van der Waals surface area contributed by atoms with E-state index in [1.165, 1.54) is 66.8 Å². The smallest absolute Gasteiger partial charge is 0.159 e. The molecule has 0 unspecified atom stereocenters. The van der Waals surface area contributed by atoms with Crippen LogP contribution >= 0.6 is 0 Å². The van der Waals surface area contributed by atoms with Crippen molar-refractivity contribution < 1.29 is 17.7 Å². The number of nitrogens with one attached hydrogen (secondary N) is 4. The number of para-hydroxylation sites is 7. The van der Waals surface area contributed by atoms with E-state index in [4.69, 9.17) is 17.7 Å². The average Bonchev–Trinajstić information content (AvgIpc) is 1.53. The molecule has 4 heterocycles. The van der Waals surface area contributed by atoms with Crippen LogP contribution in [0.1, 0.15) is 47.2 Å². The maximum atomic E-state index is 6.26. The summed E-state index contributed by atoms with van der Waals surface area (Å²) in [6.45, 7) is 4.62. The minimum absolute atomic E-state index is 0.0407. The second kappa shape index (κ2) is 28.9. The van der Waals surface area contributed by atoms with Crippen molar-refractivity contribution in [2.45, 2.75) is 24.7 Å². The summed E-state index contributed by atoms with van der Waals surface area (Å²) in [5.74, 6) is 0. The van der Waals surface area contributed by atoms with Gasteiger partial charge < -0.3 is 38.9 Å². The summed E-state index contributed by atoms with van der Waals surface area (Å²) in [7, 11) is 0. The van der Waals surface area contributed by atoms with Gasteiger partial charge in [-0.2, -0.15) is 0 Å². The predicted octanol–water partition coefficient (Wildman–Crippen LogP) is 29.7. The Bertz CT molecular complexity index is 7100. The van der Waals surface area contributed by atoms with Gasteiger partial charge in [-0.1, -0.05) is 293 Å². The highest BCUT2D eigenvalue weighted by molar-refractivity contribution is 6.16. The van der Waals surface area contributed by atoms with Crippen LogP contribution in [0, 0.1) is 0 Å². The van der Waals surface area contributed by atoms with Crippen molar-refractivity contribution in [3.63, 3.8) is 0 Å². The topological polar surface area (TPSA) is 101 Å². The third kappa shape index (κ3) is 12.3. The molecule has 0 spiro atoms. The van der Waals surface area contributed by atoms with E-state index in [2.05, 4.69) is 314 Å². The Morgan fingerprint density at radius 3 is 1.18 bits per heavy atom. The zero-order valence-corrected chi connectivity index (χ0v) is 62.7. The Labute approximate surface area is 659 Å². The molecule has 0 aliphatic heterocycles. The molecule has 544 valence electrons. The van der Waals surface area contributed by atoms with Gasteiger partial charge in [0.1, 0.15) is 33.5 Å². The van der Waals surface area contributed by atoms with Crippen LogP contribution in [0.15, 0.2) is 418 Å². The van der Waals surface area contributed by atoms with Gasteiger partial charge in [-0.15, -0.1) is 0 Å². The summed E-state index contributed by atoms with van der Waals surface area (Å²) in [5, 5.41) is 23.3. The molecular formula is C106H76N4O4. The molecule has 23 rings (SSSR count). The lowest BCUT2D eigenvalue weighted by molar-refractivity contribution is 0.660. The maximum Gasteiger partial charge on any atom is 0.159 e. The number of hydrogen-bond donors (Lipinski definition) is 4. The molecule has 0 saturated heterocycles. The Balaban J connectivity index is 0.000000101. The molecule has 0 amide bonds. The van der Waals surface area contributed by atoms with Crippen molar-refractivity contribution in [1.82, 2.24) is 0 Å². The number of benzene rings is 17. The summed E-state index contributed by atoms with van der Waals surface area (Å²) in [5.41, 5.74) is 30.8. The van der Waals surface area contributed by atoms with E-state index in [1.54, 1.807) is 0 Å². The van der Waals surface area contributed by atoms with Crippen LogP contribution < -0.4 is 21.3 Å². The summed E-state index contributed by atoms with van der Waals surface area (Å²) < 4.78 is 24.3. The van der Waals surface area contributed by atoms with E-state index >= 15 is 0 Å². The maximum absolute atomic E-state index is 6.26. The first-order chi connectivity index (χ1) is 56.2. The van der Waals surface area contributed by atoms with Crippen LogP contribution in [0.5, 0.6) is 0 Å². The van der Waals surface area contributed by atoms with Gasteiger partial charge in [0.05, 0.1) is 16.8 Å². The molecule has 0 atom stereocenters. The van der Waals surface area contributed by atoms with E-state index in [0.29, 0.717) is 0 Å². The zero-order valence-electron chi connectivity index (χ0n) is 62.7. The van der Waals surface area contributed by atoms with Gasteiger partial charge in [0, 0.05) is 82.6 Å². The molecule has 2 aliphatic rings. The summed E-state index contributed by atoms with van der Waals surface area (Å²) >= 11 is 0. The molecule has 21 aromatic rings. The van der Waals surface area contributed by atoms with Crippen molar-refractivity contribution in [2.24, 2.45) is 0 Å². The van der Waals surface area contributed by atoms with Crippen molar-refractivity contribution >= 4 is 133 Å². The highest BCUT2D eigenvalue weighted by Crippen LogP contribution is 2.57. The zero-order chi connectivity index (χ0) is 76.1. The third-order valence-corrected chi connectivity index (χ3v) is 22.5. The monoisotopic (exact) mass is 1470 g/mol. The number of anilines is 8. The Morgan fingerprint density at radius 1 is 0.211 bits per heavy atom. The van der Waals surface area contributed by atoms with Gasteiger partial charge in [0.25, 0.3) is 0 Å². The molecule has 4 N–H and O–H groups in total. The number of furan rings is 4. The normalized spacial score (nSPS) is 12.6. The predicted molar refractivity (Wildman–Crippen MR) is 474 cm³/mol. The van der Waals surface area contributed by atoms with Gasteiger partial charge in [-0.05, 0) is 188 Å². The SMILES string of the molecule is CC1(C)c2ccccc2-c2cc(Nc3ccc4oc5ccccc5c4c3)ccc21.c1ccc(C2(c3ccccc3)c3ccccc3-c3ccc(Nc4ccc5oc6ccccc6c5c4)cc32)cc1.c1ccc(Nc2ccc(-c3ccccc3)c3c2oc2ccccc23)cc1.c1ccc(Nc2cccc3c2oc2ccccc23)cc1. The Morgan fingerprint density at radius 2 is 0.596 bits per heavy atom. The second-order valence-corrected chi connectivity index (χ2v) is 29.7. The third-order valence-electron chi connectivity index (χ3n) is 22.5. The first kappa shape index (κ1) is 68.4. The van der Waals surface area contributed by atoms with Crippen molar-refractivity contribution in [3.8, 4) is 33.4 Å². The molecule has 4 aromatic heterocycles. The standard InChI is InChI=1S/C37H25NO.C27H21NO.C24H17NO.C18H13NO/c1-3-11-25(12-4-1)37(26-13-5-2-6-14-26)33-17-9-7-15-29(33)30-21-19-28(24-34(30)37)38-27-20-22-36-32(23-27)31-16-8-10-18-35(31)39-36;1-27(2)23-9-5-3-7-19(23)21-15-17(11-13-24(21)27)28-18-12-14-26-22(16-18)20-8-4-6-10-25(20)29-26;1-3-9-17(10-4-1)19-15-16-21(25-18-11-5-2-6-12-18)24-23(19)20-13-7-8-14-22(20)26-24;1-2-7-13(8-3-1)19-16-11-6-10-15-14-9-4-5-12-17(14)20-18(15)16/h1-24,38H;3-16,28H,1-2H3;1-16,25H;1-12,19H. The molecule has 0 saturated carbocycles. The van der Waals surface area contributed by atoms with E-state index in [9.17, 15) is 0 Å². The van der Waals surface area contributed by atoms with Gasteiger partial charge in [0.15, 0.2) is 11.2 Å². The minimum Gasteiger partial charge on any atom is -0.456 e. The van der Waals surface area contributed by atoms with Gasteiger partial charge in [-0.25, -0.2) is 0 Å². The van der Waals surface area contributed by atoms with E-state index in [1.807, 2.05) is 121 Å². The van der Waals surface area contributed by atoms with Gasteiger partial charge >= 0.3 is 0 Å². The fourth-order valence-corrected chi connectivity index (χ4v) is 17.2. The Hall–Kier alpha value is -14.9. The van der Waals surface area contributed by atoms with Crippen LogP contribution in [0.4, 0.5) is 45.5 Å². The van der Waals surface area contributed by atoms with Crippen molar-refractivity contribution in [3.05, 3.63) is 434 Å². The van der Waals surface area contributed by atoms with Crippen molar-refractivity contribution in [2.75, 3.05) is 21.3 Å². The molecule has 0 fully saturated rings. The van der Waals surface area contributed by atoms with Crippen LogP contribution in [0.2, 0.25) is 0 Å². The summed E-state index contributed by atoms with van der Waals surface area (Å²) in [4.78, 5) is 0.